The van der Waals surface area contributed by atoms with Gasteiger partial charge in [-0.2, -0.15) is 0 Å². The highest BCUT2D eigenvalue weighted by molar-refractivity contribution is 5.93. The fourth-order valence-electron chi connectivity index (χ4n) is 2.42. The maximum atomic E-state index is 11.7. The summed E-state index contributed by atoms with van der Waals surface area (Å²) in [5.41, 5.74) is 0.858. The van der Waals surface area contributed by atoms with E-state index in [9.17, 15) is 4.79 Å². The highest BCUT2D eigenvalue weighted by Crippen LogP contribution is 2.30. The number of anilines is 1. The van der Waals surface area contributed by atoms with E-state index in [4.69, 9.17) is 9.47 Å². The van der Waals surface area contributed by atoms with Crippen LogP contribution in [-0.2, 0) is 4.79 Å². The van der Waals surface area contributed by atoms with Crippen LogP contribution < -0.4 is 25.4 Å². The largest absolute Gasteiger partial charge is 0.493 e. The highest BCUT2D eigenvalue weighted by Gasteiger charge is 2.22. The topological polar surface area (TPSA) is 84.0 Å². The number of aliphatic imine (C=N–C) groups is 1. The third-order valence-corrected chi connectivity index (χ3v) is 3.84. The van der Waals surface area contributed by atoms with Crippen molar-refractivity contribution in [1.29, 1.82) is 0 Å². The summed E-state index contributed by atoms with van der Waals surface area (Å²) in [6.07, 6.45) is 3.46. The van der Waals surface area contributed by atoms with E-state index in [1.165, 1.54) is 0 Å². The predicted molar refractivity (Wildman–Crippen MR) is 104 cm³/mol. The Labute approximate surface area is 155 Å². The van der Waals surface area contributed by atoms with E-state index < -0.39 is 0 Å². The van der Waals surface area contributed by atoms with Crippen LogP contribution in [0, 0.1) is 0 Å². The van der Waals surface area contributed by atoms with Gasteiger partial charge in [-0.25, -0.2) is 0 Å². The molecule has 1 fully saturated rings. The van der Waals surface area contributed by atoms with Crippen molar-refractivity contribution in [2.45, 2.75) is 45.6 Å². The van der Waals surface area contributed by atoms with Crippen LogP contribution in [0.4, 0.5) is 5.69 Å². The van der Waals surface area contributed by atoms with Gasteiger partial charge >= 0.3 is 0 Å². The predicted octanol–water partition coefficient (Wildman–Crippen LogP) is 2.53. The van der Waals surface area contributed by atoms with Crippen molar-refractivity contribution >= 4 is 17.6 Å². The molecule has 0 spiro atoms. The molecule has 0 bridgehead atoms. The Bertz CT molecular complexity index is 615. The van der Waals surface area contributed by atoms with Crippen molar-refractivity contribution in [1.82, 2.24) is 10.6 Å². The fourth-order valence-corrected chi connectivity index (χ4v) is 2.42. The molecule has 0 aliphatic heterocycles. The summed E-state index contributed by atoms with van der Waals surface area (Å²) in [4.78, 5) is 16.2. The molecule has 1 aromatic carbocycles. The average Bonchev–Trinajstić information content (AvgIpc) is 3.44. The molecule has 1 aliphatic rings. The number of carbonyl (C=O) groups is 1. The van der Waals surface area contributed by atoms with Crippen molar-refractivity contribution in [3.05, 3.63) is 18.2 Å². The second-order valence-electron chi connectivity index (χ2n) is 6.13. The molecule has 1 aromatic rings. The standard InChI is InChI=1S/C19H30N4O3/c1-4-20-19(21-12-6-7-18(24)22-14-8-9-14)23-15-10-11-16(26-5-2)17(13-15)25-3/h10-11,13-14H,4-9,12H2,1-3H3,(H,22,24)(H2,20,21,23). The Balaban J connectivity index is 1.88. The van der Waals surface area contributed by atoms with Gasteiger partial charge < -0.3 is 25.4 Å². The zero-order chi connectivity index (χ0) is 18.8. The van der Waals surface area contributed by atoms with Gasteiger partial charge in [0.15, 0.2) is 17.5 Å². The molecule has 144 valence electrons. The van der Waals surface area contributed by atoms with Crippen LogP contribution in [0.15, 0.2) is 23.2 Å². The molecule has 26 heavy (non-hydrogen) atoms. The fraction of sp³-hybridized carbons (Fsp3) is 0.579. The number of rotatable bonds is 10. The van der Waals surface area contributed by atoms with Crippen molar-refractivity contribution in [2.24, 2.45) is 4.99 Å². The van der Waals surface area contributed by atoms with E-state index >= 15 is 0 Å². The quantitative estimate of drug-likeness (QED) is 0.338. The number of carbonyl (C=O) groups excluding carboxylic acids is 1. The molecule has 0 unspecified atom stereocenters. The van der Waals surface area contributed by atoms with Crippen molar-refractivity contribution in [3.8, 4) is 11.5 Å². The molecule has 0 saturated heterocycles. The number of amides is 1. The van der Waals surface area contributed by atoms with Gasteiger partial charge in [0.1, 0.15) is 0 Å². The van der Waals surface area contributed by atoms with E-state index in [0.29, 0.717) is 43.1 Å². The van der Waals surface area contributed by atoms with Crippen molar-refractivity contribution < 1.29 is 14.3 Å². The number of benzene rings is 1. The number of guanidine groups is 1. The van der Waals surface area contributed by atoms with Crippen molar-refractivity contribution in [3.63, 3.8) is 0 Å². The van der Waals surface area contributed by atoms with Gasteiger partial charge in [-0.3, -0.25) is 9.79 Å². The van der Waals surface area contributed by atoms with Crippen LogP contribution in [-0.4, -0.2) is 44.7 Å². The minimum absolute atomic E-state index is 0.122. The number of ether oxygens (including phenoxy) is 2. The van der Waals surface area contributed by atoms with Gasteiger partial charge in [-0.15, -0.1) is 0 Å². The summed E-state index contributed by atoms with van der Waals surface area (Å²) in [7, 11) is 1.62. The van der Waals surface area contributed by atoms with Crippen LogP contribution in [0.2, 0.25) is 0 Å². The average molecular weight is 362 g/mol. The van der Waals surface area contributed by atoms with Crippen LogP contribution in [0.25, 0.3) is 0 Å². The Hall–Kier alpha value is -2.44. The minimum atomic E-state index is 0.122. The molecule has 1 saturated carbocycles. The van der Waals surface area contributed by atoms with E-state index in [1.807, 2.05) is 32.0 Å². The van der Waals surface area contributed by atoms with Crippen LogP contribution in [0.5, 0.6) is 11.5 Å². The van der Waals surface area contributed by atoms with E-state index in [-0.39, 0.29) is 5.91 Å². The maximum Gasteiger partial charge on any atom is 0.220 e. The second-order valence-corrected chi connectivity index (χ2v) is 6.13. The Morgan fingerprint density at radius 3 is 2.73 bits per heavy atom. The Morgan fingerprint density at radius 1 is 1.27 bits per heavy atom. The number of hydrogen-bond acceptors (Lipinski definition) is 4. The van der Waals surface area contributed by atoms with Gasteiger partial charge in [0.05, 0.1) is 13.7 Å². The Kier molecular flexibility index (Phi) is 8.05. The summed E-state index contributed by atoms with van der Waals surface area (Å²) in [5, 5.41) is 9.45. The molecular formula is C19H30N4O3. The van der Waals surface area contributed by atoms with Crippen LogP contribution >= 0.6 is 0 Å². The van der Waals surface area contributed by atoms with Gasteiger partial charge in [0, 0.05) is 37.3 Å². The minimum Gasteiger partial charge on any atom is -0.493 e. The van der Waals surface area contributed by atoms with E-state index in [2.05, 4.69) is 20.9 Å². The van der Waals surface area contributed by atoms with Gasteiger partial charge in [0.25, 0.3) is 0 Å². The highest BCUT2D eigenvalue weighted by atomic mass is 16.5. The first kappa shape index (κ1) is 19.9. The second kappa shape index (κ2) is 10.5. The zero-order valence-electron chi connectivity index (χ0n) is 15.9. The molecule has 0 heterocycles. The van der Waals surface area contributed by atoms with Crippen LogP contribution in [0.1, 0.15) is 39.5 Å². The first-order valence-corrected chi connectivity index (χ1v) is 9.31. The molecule has 0 radical (unpaired) electrons. The summed E-state index contributed by atoms with van der Waals surface area (Å²) < 4.78 is 10.9. The smallest absolute Gasteiger partial charge is 0.220 e. The monoisotopic (exact) mass is 362 g/mol. The summed E-state index contributed by atoms with van der Waals surface area (Å²) >= 11 is 0. The zero-order valence-corrected chi connectivity index (χ0v) is 15.9. The molecule has 0 aromatic heterocycles. The molecule has 1 aliphatic carbocycles. The van der Waals surface area contributed by atoms with E-state index in [0.717, 1.165) is 31.5 Å². The van der Waals surface area contributed by atoms with E-state index in [1.54, 1.807) is 7.11 Å². The van der Waals surface area contributed by atoms with Crippen LogP contribution in [0.3, 0.4) is 0 Å². The normalized spacial score (nSPS) is 13.9. The number of hydrogen-bond donors (Lipinski definition) is 3. The Morgan fingerprint density at radius 2 is 2.08 bits per heavy atom. The lowest BCUT2D eigenvalue weighted by Gasteiger charge is -2.14. The first-order chi connectivity index (χ1) is 12.7. The van der Waals surface area contributed by atoms with Crippen molar-refractivity contribution in [2.75, 3.05) is 32.1 Å². The lowest BCUT2D eigenvalue weighted by molar-refractivity contribution is -0.121. The SMILES string of the molecule is CCNC(=NCCCC(=O)NC1CC1)Nc1ccc(OCC)c(OC)c1. The number of methoxy groups -OCH3 is 1. The van der Waals surface area contributed by atoms with Gasteiger partial charge in [0.2, 0.25) is 5.91 Å². The maximum absolute atomic E-state index is 11.7. The number of nitrogens with zero attached hydrogens (tertiary/aromatic N) is 1. The summed E-state index contributed by atoms with van der Waals surface area (Å²) in [5.74, 6) is 2.19. The molecule has 0 atom stereocenters. The molecule has 2 rings (SSSR count). The molecule has 1 amide bonds. The van der Waals surface area contributed by atoms with Gasteiger partial charge in [-0.1, -0.05) is 0 Å². The molecular weight excluding hydrogens is 332 g/mol. The summed E-state index contributed by atoms with van der Waals surface area (Å²) in [6.45, 7) is 5.87. The molecule has 7 nitrogen and oxygen atoms in total. The lowest BCUT2D eigenvalue weighted by atomic mass is 10.2. The lowest BCUT2D eigenvalue weighted by Crippen LogP contribution is -2.31. The third kappa shape index (κ3) is 6.82. The molecule has 7 heteroatoms. The number of nitrogens with one attached hydrogen (secondary N) is 3. The third-order valence-electron chi connectivity index (χ3n) is 3.84. The molecule has 3 N–H and O–H groups in total. The first-order valence-electron chi connectivity index (χ1n) is 9.31. The summed E-state index contributed by atoms with van der Waals surface area (Å²) in [6, 6.07) is 6.08. The van der Waals surface area contributed by atoms with Gasteiger partial charge in [-0.05, 0) is 45.2 Å².